The molecule has 0 aromatic carbocycles. The van der Waals surface area contributed by atoms with Crippen LogP contribution in [0.1, 0.15) is 12.5 Å². The topological polar surface area (TPSA) is 134 Å². The van der Waals surface area contributed by atoms with E-state index >= 15 is 0 Å². The van der Waals surface area contributed by atoms with Gasteiger partial charge in [-0.3, -0.25) is 9.59 Å². The molecular weight excluding hydrogens is 380 g/mol. The largest absolute Gasteiger partial charge is 0.493 e. The van der Waals surface area contributed by atoms with Gasteiger partial charge in [0, 0.05) is 0 Å². The molecule has 136 valence electrons. The number of sulfone groups is 1. The molecule has 26 heavy (non-hydrogen) atoms. The number of nitrogen functional groups attached to an aromatic ring is 1. The van der Waals surface area contributed by atoms with Crippen LogP contribution in [0.2, 0.25) is 0 Å². The maximum absolute atomic E-state index is 12.3. The first-order valence-corrected chi connectivity index (χ1v) is 9.85. The number of carbonyl (C=O) groups is 1. The molecule has 0 saturated heterocycles. The maximum Gasteiger partial charge on any atom is 0.283 e. The molecule has 0 radical (unpaired) electrons. The van der Waals surface area contributed by atoms with Gasteiger partial charge in [-0.2, -0.15) is 9.50 Å². The van der Waals surface area contributed by atoms with Crippen molar-refractivity contribution in [1.29, 1.82) is 0 Å². The van der Waals surface area contributed by atoms with Crippen molar-refractivity contribution in [1.82, 2.24) is 14.6 Å². The molecule has 2 heterocycles. The number of hydrogen-bond acceptors (Lipinski definition) is 9. The molecule has 0 amide bonds. The number of aromatic nitrogens is 3. The molecule has 0 atom stereocenters. The van der Waals surface area contributed by atoms with Crippen LogP contribution in [0.4, 0.5) is 5.82 Å². The van der Waals surface area contributed by atoms with Crippen LogP contribution in [0.25, 0.3) is 11.0 Å². The van der Waals surface area contributed by atoms with Gasteiger partial charge in [-0.1, -0.05) is 24.3 Å². The zero-order valence-corrected chi connectivity index (χ0v) is 15.4. The quantitative estimate of drug-likeness (QED) is 0.796. The third-order valence-electron chi connectivity index (χ3n) is 3.62. The molecule has 2 aromatic rings. The van der Waals surface area contributed by atoms with Gasteiger partial charge in [0.05, 0.1) is 18.4 Å². The zero-order valence-electron chi connectivity index (χ0n) is 13.8. The Bertz CT molecular complexity index is 1170. The number of allylic oxidation sites excluding steroid dienone is 4. The number of anilines is 1. The number of methoxy groups -OCH3 is 1. The number of nitrogens with two attached hydrogens (primary N) is 1. The zero-order chi connectivity index (χ0) is 19.1. The molecule has 2 N–H and O–H groups in total. The van der Waals surface area contributed by atoms with Crippen molar-refractivity contribution in [3.63, 3.8) is 0 Å². The summed E-state index contributed by atoms with van der Waals surface area (Å²) in [6.07, 6.45) is 5.71. The fraction of sp³-hybridized carbons (Fsp3) is 0.200. The summed E-state index contributed by atoms with van der Waals surface area (Å²) in [5, 5.41) is 3.97. The number of ketones is 1. The van der Waals surface area contributed by atoms with E-state index in [1.165, 1.54) is 38.3 Å². The number of ether oxygens (including phenoxy) is 1. The van der Waals surface area contributed by atoms with E-state index in [1.54, 1.807) is 0 Å². The van der Waals surface area contributed by atoms with Gasteiger partial charge >= 0.3 is 0 Å². The molecular formula is C15H14N4O5S2. The van der Waals surface area contributed by atoms with E-state index in [-0.39, 0.29) is 38.0 Å². The summed E-state index contributed by atoms with van der Waals surface area (Å²) in [5.74, 6) is -0.343. The van der Waals surface area contributed by atoms with Crippen LogP contribution in [0.15, 0.2) is 38.7 Å². The molecule has 3 rings (SSSR count). The lowest BCUT2D eigenvalue weighted by atomic mass is 10.0. The first kappa shape index (κ1) is 18.0. The van der Waals surface area contributed by atoms with Gasteiger partial charge in [-0.05, 0) is 23.8 Å². The lowest BCUT2D eigenvalue weighted by molar-refractivity contribution is -0.114. The van der Waals surface area contributed by atoms with E-state index in [4.69, 9.17) is 10.5 Å². The Kier molecular flexibility index (Phi) is 4.50. The summed E-state index contributed by atoms with van der Waals surface area (Å²) in [7, 11) is -2.18. The summed E-state index contributed by atoms with van der Waals surface area (Å²) in [4.78, 5) is 27.8. The molecule has 0 unspecified atom stereocenters. The second-order valence-corrected chi connectivity index (χ2v) is 8.64. The Morgan fingerprint density at radius 2 is 2.08 bits per heavy atom. The number of fused-ring (bicyclic) bond motifs is 1. The maximum atomic E-state index is 12.3. The van der Waals surface area contributed by atoms with Crippen molar-refractivity contribution in [3.8, 4) is 0 Å². The second kappa shape index (κ2) is 6.50. The normalized spacial score (nSPS) is 16.3. The average Bonchev–Trinajstić information content (AvgIpc) is 3.05. The van der Waals surface area contributed by atoms with E-state index in [0.29, 0.717) is 5.57 Å². The minimum absolute atomic E-state index is 0.0361. The Balaban J connectivity index is 2.18. The van der Waals surface area contributed by atoms with E-state index in [9.17, 15) is 18.0 Å². The first-order chi connectivity index (χ1) is 12.3. The minimum Gasteiger partial charge on any atom is -0.493 e. The molecule has 0 aliphatic heterocycles. The van der Waals surface area contributed by atoms with Gasteiger partial charge in [-0.15, -0.1) is 5.10 Å². The predicted octanol–water partition coefficient (Wildman–Crippen LogP) is 0.579. The standard InChI is InChI=1S/C15H14N4O5S2/c1-3-26(22,23)15-18-19-12(16)9(13(21)17-14(19)25-15)6-8-4-5-10(20)11(7-8)24-2/h4-7H,3,16H2,1-2H3/b8-6-. The molecule has 1 aliphatic rings. The van der Waals surface area contributed by atoms with Gasteiger partial charge in [0.1, 0.15) is 5.82 Å². The average molecular weight is 394 g/mol. The van der Waals surface area contributed by atoms with Crippen molar-refractivity contribution in [2.45, 2.75) is 11.3 Å². The Labute approximate surface area is 152 Å². The lowest BCUT2D eigenvalue weighted by Crippen LogP contribution is -2.17. The molecule has 11 heteroatoms. The summed E-state index contributed by atoms with van der Waals surface area (Å²) in [5.41, 5.74) is 5.93. The van der Waals surface area contributed by atoms with Crippen molar-refractivity contribution in [2.24, 2.45) is 0 Å². The SMILES string of the molecule is CCS(=O)(=O)c1nn2c(N)c(/C=C3/C=CC(=O)C(OC)=C3)c(=O)nc2s1. The molecule has 1 aliphatic carbocycles. The lowest BCUT2D eigenvalue weighted by Gasteiger charge is -2.08. The van der Waals surface area contributed by atoms with E-state index in [1.807, 2.05) is 0 Å². The summed E-state index contributed by atoms with van der Waals surface area (Å²) >= 11 is 0.778. The molecule has 0 spiro atoms. The number of nitrogens with zero attached hydrogens (tertiary/aromatic N) is 3. The van der Waals surface area contributed by atoms with Crippen LogP contribution < -0.4 is 11.3 Å². The van der Waals surface area contributed by atoms with Crippen LogP contribution >= 0.6 is 11.3 Å². The van der Waals surface area contributed by atoms with Crippen molar-refractivity contribution in [3.05, 3.63) is 45.5 Å². The molecule has 9 nitrogen and oxygen atoms in total. The molecule has 0 bridgehead atoms. The fourth-order valence-electron chi connectivity index (χ4n) is 2.19. The Morgan fingerprint density at radius 1 is 1.35 bits per heavy atom. The third-order valence-corrected chi connectivity index (χ3v) is 6.71. The van der Waals surface area contributed by atoms with Gasteiger partial charge in [0.25, 0.3) is 5.56 Å². The second-order valence-electron chi connectivity index (χ2n) is 5.24. The molecule has 0 saturated carbocycles. The Morgan fingerprint density at radius 3 is 2.73 bits per heavy atom. The van der Waals surface area contributed by atoms with Crippen LogP contribution in [-0.4, -0.2) is 41.7 Å². The van der Waals surface area contributed by atoms with Gasteiger partial charge in [-0.25, -0.2) is 8.42 Å². The molecule has 0 fully saturated rings. The van der Waals surface area contributed by atoms with Crippen molar-refractivity contribution < 1.29 is 17.9 Å². The van der Waals surface area contributed by atoms with Crippen LogP contribution in [0, 0.1) is 0 Å². The highest BCUT2D eigenvalue weighted by molar-refractivity contribution is 7.93. The number of rotatable bonds is 4. The van der Waals surface area contributed by atoms with Crippen LogP contribution in [0.3, 0.4) is 0 Å². The summed E-state index contributed by atoms with van der Waals surface area (Å²) in [6, 6.07) is 0. The highest BCUT2D eigenvalue weighted by atomic mass is 32.2. The summed E-state index contributed by atoms with van der Waals surface area (Å²) < 4.78 is 29.9. The van der Waals surface area contributed by atoms with Gasteiger partial charge in [0.2, 0.25) is 24.9 Å². The van der Waals surface area contributed by atoms with Crippen LogP contribution in [-0.2, 0) is 19.4 Å². The number of hydrogen-bond donors (Lipinski definition) is 1. The highest BCUT2D eigenvalue weighted by Gasteiger charge is 2.21. The smallest absolute Gasteiger partial charge is 0.283 e. The first-order valence-electron chi connectivity index (χ1n) is 7.38. The Hall–Kier alpha value is -2.79. The van der Waals surface area contributed by atoms with Crippen molar-refractivity contribution in [2.75, 3.05) is 18.6 Å². The predicted molar refractivity (Wildman–Crippen MR) is 96.5 cm³/mol. The van der Waals surface area contributed by atoms with Crippen LogP contribution in [0.5, 0.6) is 0 Å². The van der Waals surface area contributed by atoms with Gasteiger partial charge < -0.3 is 10.5 Å². The minimum atomic E-state index is -3.55. The fourth-order valence-corrected chi connectivity index (χ4v) is 4.36. The van der Waals surface area contributed by atoms with E-state index in [2.05, 4.69) is 10.1 Å². The summed E-state index contributed by atoms with van der Waals surface area (Å²) in [6.45, 7) is 1.49. The highest BCUT2D eigenvalue weighted by Crippen LogP contribution is 2.23. The monoisotopic (exact) mass is 394 g/mol. The number of carbonyl (C=O) groups excluding carboxylic acids is 1. The van der Waals surface area contributed by atoms with E-state index in [0.717, 1.165) is 15.9 Å². The van der Waals surface area contributed by atoms with Crippen molar-refractivity contribution >= 4 is 43.8 Å². The molecule has 2 aromatic heterocycles. The van der Waals surface area contributed by atoms with E-state index < -0.39 is 15.4 Å². The van der Waals surface area contributed by atoms with Gasteiger partial charge in [0.15, 0.2) is 5.76 Å². The third kappa shape index (κ3) is 3.06.